The Labute approximate surface area is 93.7 Å². The Bertz CT molecular complexity index is 293. The molecule has 0 saturated carbocycles. The zero-order valence-electron chi connectivity index (χ0n) is 8.45. The number of carbonyl (C=O) groups is 1. The summed E-state index contributed by atoms with van der Waals surface area (Å²) < 4.78 is 0. The van der Waals surface area contributed by atoms with Crippen molar-refractivity contribution >= 4 is 29.3 Å². The van der Waals surface area contributed by atoms with Crippen molar-refractivity contribution in [3.8, 4) is 0 Å². The minimum Gasteiger partial charge on any atom is -0.294 e. The van der Waals surface area contributed by atoms with Crippen molar-refractivity contribution in [3.63, 3.8) is 0 Å². The van der Waals surface area contributed by atoms with Crippen LogP contribution in [0.25, 0.3) is 0 Å². The molecule has 1 aromatic rings. The lowest BCUT2D eigenvalue weighted by Crippen LogP contribution is -1.99. The molecule has 14 heavy (non-hydrogen) atoms. The second-order valence-corrected chi connectivity index (χ2v) is 4.76. The number of ketones is 1. The van der Waals surface area contributed by atoms with Gasteiger partial charge >= 0.3 is 0 Å². The zero-order chi connectivity index (χ0) is 10.4. The van der Waals surface area contributed by atoms with Crippen molar-refractivity contribution in [2.45, 2.75) is 11.3 Å². The summed E-state index contributed by atoms with van der Waals surface area (Å²) in [7, 11) is 0. The Morgan fingerprint density at radius 3 is 2.36 bits per heavy atom. The van der Waals surface area contributed by atoms with Gasteiger partial charge in [-0.2, -0.15) is 11.8 Å². The van der Waals surface area contributed by atoms with Crippen LogP contribution in [0.4, 0.5) is 0 Å². The molecule has 1 aromatic carbocycles. The van der Waals surface area contributed by atoms with Gasteiger partial charge in [-0.1, -0.05) is 12.1 Å². The molecule has 0 atom stereocenters. The highest BCUT2D eigenvalue weighted by Gasteiger charge is 2.04. The molecule has 0 aliphatic carbocycles. The Morgan fingerprint density at radius 1 is 1.21 bits per heavy atom. The van der Waals surface area contributed by atoms with Crippen LogP contribution in [0.1, 0.15) is 16.8 Å². The van der Waals surface area contributed by atoms with E-state index in [1.807, 2.05) is 36.8 Å². The predicted octanol–water partition coefficient (Wildman–Crippen LogP) is 3.34. The third-order valence-electron chi connectivity index (χ3n) is 1.95. The summed E-state index contributed by atoms with van der Waals surface area (Å²) in [6.07, 6.45) is 4.69. The van der Waals surface area contributed by atoms with Gasteiger partial charge in [0.25, 0.3) is 0 Å². The minimum absolute atomic E-state index is 0.243. The van der Waals surface area contributed by atoms with Crippen LogP contribution < -0.4 is 0 Å². The molecule has 0 aliphatic rings. The molecular formula is C11H14OS2. The van der Waals surface area contributed by atoms with E-state index in [2.05, 4.69) is 0 Å². The number of hydrogen-bond acceptors (Lipinski definition) is 3. The standard InChI is InChI=1S/C11H14OS2/c1-13-8-7-11(12)9-3-5-10(14-2)6-4-9/h3-6H,7-8H2,1-2H3. The molecule has 76 valence electrons. The Hall–Kier alpha value is -0.410. The number of hydrogen-bond donors (Lipinski definition) is 0. The molecule has 0 fully saturated rings. The highest BCUT2D eigenvalue weighted by Crippen LogP contribution is 2.16. The lowest BCUT2D eigenvalue weighted by molar-refractivity contribution is 0.0989. The molecule has 0 unspecified atom stereocenters. The average molecular weight is 226 g/mol. The Morgan fingerprint density at radius 2 is 1.86 bits per heavy atom. The first kappa shape index (κ1) is 11.7. The van der Waals surface area contributed by atoms with Gasteiger partial charge in [-0.25, -0.2) is 0 Å². The van der Waals surface area contributed by atoms with Crippen LogP contribution in [-0.4, -0.2) is 24.0 Å². The largest absolute Gasteiger partial charge is 0.294 e. The normalized spacial score (nSPS) is 10.1. The minimum atomic E-state index is 0.243. The molecule has 0 bridgehead atoms. The number of Topliss-reactive ketones (excluding diaryl/α,β-unsaturated/α-hetero) is 1. The third kappa shape index (κ3) is 3.39. The molecule has 1 rings (SSSR count). The molecule has 0 spiro atoms. The lowest BCUT2D eigenvalue weighted by atomic mass is 10.1. The van der Waals surface area contributed by atoms with E-state index in [0.29, 0.717) is 6.42 Å². The van der Waals surface area contributed by atoms with E-state index in [9.17, 15) is 4.79 Å². The number of carbonyl (C=O) groups excluding carboxylic acids is 1. The Kier molecular flexibility index (Phi) is 5.12. The van der Waals surface area contributed by atoms with Crippen molar-refractivity contribution in [3.05, 3.63) is 29.8 Å². The fourth-order valence-corrected chi connectivity index (χ4v) is 1.91. The maximum absolute atomic E-state index is 11.6. The molecule has 0 N–H and O–H groups in total. The van der Waals surface area contributed by atoms with Crippen LogP contribution in [0.3, 0.4) is 0 Å². The van der Waals surface area contributed by atoms with E-state index in [1.165, 1.54) is 4.90 Å². The monoisotopic (exact) mass is 226 g/mol. The number of benzene rings is 1. The van der Waals surface area contributed by atoms with Gasteiger partial charge in [-0.05, 0) is 24.6 Å². The van der Waals surface area contributed by atoms with E-state index >= 15 is 0 Å². The van der Waals surface area contributed by atoms with E-state index in [-0.39, 0.29) is 5.78 Å². The molecule has 0 saturated heterocycles. The maximum atomic E-state index is 11.6. The zero-order valence-corrected chi connectivity index (χ0v) is 10.1. The SMILES string of the molecule is CSCCC(=O)c1ccc(SC)cc1. The lowest BCUT2D eigenvalue weighted by Gasteiger charge is -2.00. The van der Waals surface area contributed by atoms with E-state index in [4.69, 9.17) is 0 Å². The first-order chi connectivity index (χ1) is 6.77. The average Bonchev–Trinajstić information content (AvgIpc) is 2.26. The van der Waals surface area contributed by atoms with Crippen LogP contribution in [-0.2, 0) is 0 Å². The van der Waals surface area contributed by atoms with E-state index < -0.39 is 0 Å². The van der Waals surface area contributed by atoms with Crippen LogP contribution in [0.5, 0.6) is 0 Å². The predicted molar refractivity (Wildman–Crippen MR) is 65.6 cm³/mol. The summed E-state index contributed by atoms with van der Waals surface area (Å²) >= 11 is 3.40. The third-order valence-corrected chi connectivity index (χ3v) is 3.30. The number of thioether (sulfide) groups is 2. The highest BCUT2D eigenvalue weighted by atomic mass is 32.2. The summed E-state index contributed by atoms with van der Waals surface area (Å²) in [5.74, 6) is 1.15. The van der Waals surface area contributed by atoms with Gasteiger partial charge in [0.1, 0.15) is 0 Å². The fraction of sp³-hybridized carbons (Fsp3) is 0.364. The summed E-state index contributed by atoms with van der Waals surface area (Å²) in [6, 6.07) is 7.82. The molecule has 0 radical (unpaired) electrons. The molecule has 1 nitrogen and oxygen atoms in total. The van der Waals surface area contributed by atoms with Gasteiger partial charge < -0.3 is 0 Å². The van der Waals surface area contributed by atoms with Crippen molar-refractivity contribution < 1.29 is 4.79 Å². The summed E-state index contributed by atoms with van der Waals surface area (Å²) in [6.45, 7) is 0. The summed E-state index contributed by atoms with van der Waals surface area (Å²) in [5.41, 5.74) is 0.830. The first-order valence-electron chi connectivity index (χ1n) is 4.44. The van der Waals surface area contributed by atoms with E-state index in [0.717, 1.165) is 11.3 Å². The summed E-state index contributed by atoms with van der Waals surface area (Å²) in [5, 5.41) is 0. The van der Waals surface area contributed by atoms with Gasteiger partial charge in [0, 0.05) is 22.6 Å². The first-order valence-corrected chi connectivity index (χ1v) is 7.06. The maximum Gasteiger partial charge on any atom is 0.163 e. The summed E-state index contributed by atoms with van der Waals surface area (Å²) in [4.78, 5) is 12.8. The van der Waals surface area contributed by atoms with Crippen LogP contribution in [0.2, 0.25) is 0 Å². The molecule has 3 heteroatoms. The fourth-order valence-electron chi connectivity index (χ4n) is 1.12. The van der Waals surface area contributed by atoms with Crippen molar-refractivity contribution in [2.75, 3.05) is 18.3 Å². The Balaban J connectivity index is 2.62. The van der Waals surface area contributed by atoms with Crippen LogP contribution in [0.15, 0.2) is 29.2 Å². The molecule has 0 heterocycles. The van der Waals surface area contributed by atoms with Gasteiger partial charge in [0.2, 0.25) is 0 Å². The number of rotatable bonds is 5. The van der Waals surface area contributed by atoms with Gasteiger partial charge in [0.15, 0.2) is 5.78 Å². The van der Waals surface area contributed by atoms with Crippen molar-refractivity contribution in [1.29, 1.82) is 0 Å². The molecule has 0 aromatic heterocycles. The highest BCUT2D eigenvalue weighted by molar-refractivity contribution is 7.98. The quantitative estimate of drug-likeness (QED) is 0.566. The van der Waals surface area contributed by atoms with Crippen LogP contribution >= 0.6 is 23.5 Å². The smallest absolute Gasteiger partial charge is 0.163 e. The van der Waals surface area contributed by atoms with Gasteiger partial charge in [-0.3, -0.25) is 4.79 Å². The molecule has 0 aliphatic heterocycles. The van der Waals surface area contributed by atoms with Crippen molar-refractivity contribution in [2.24, 2.45) is 0 Å². The molecular weight excluding hydrogens is 212 g/mol. The van der Waals surface area contributed by atoms with E-state index in [1.54, 1.807) is 23.5 Å². The second kappa shape index (κ2) is 6.14. The van der Waals surface area contributed by atoms with Gasteiger partial charge in [0.05, 0.1) is 0 Å². The second-order valence-electron chi connectivity index (χ2n) is 2.89. The van der Waals surface area contributed by atoms with Gasteiger partial charge in [-0.15, -0.1) is 11.8 Å². The van der Waals surface area contributed by atoms with Crippen molar-refractivity contribution in [1.82, 2.24) is 0 Å². The molecule has 0 amide bonds. The van der Waals surface area contributed by atoms with Crippen LogP contribution in [0, 0.1) is 0 Å². The topological polar surface area (TPSA) is 17.1 Å².